The second kappa shape index (κ2) is 7.36. The largest absolute Gasteiger partial charge is 0.493 e. The quantitative estimate of drug-likeness (QED) is 0.741. The SMILES string of the molecule is COc1cc(C=C2SC(=O)NC2=O)ccc1OCc1ccc(C(=O)O)o1. The molecule has 26 heavy (non-hydrogen) atoms. The first-order valence-corrected chi connectivity index (χ1v) is 8.15. The molecule has 0 spiro atoms. The number of furan rings is 1. The standard InChI is InChI=1S/C17H13NO7S/c1-23-13-6-9(7-14-15(19)18-17(22)26-14)2-4-11(13)24-8-10-3-5-12(25-10)16(20)21/h2-7H,8H2,1H3,(H,20,21)(H,18,19,22). The number of aromatic carboxylic acids is 1. The predicted molar refractivity (Wildman–Crippen MR) is 92.1 cm³/mol. The molecule has 0 radical (unpaired) electrons. The summed E-state index contributed by atoms with van der Waals surface area (Å²) in [6, 6.07) is 7.86. The monoisotopic (exact) mass is 375 g/mol. The van der Waals surface area contributed by atoms with E-state index in [2.05, 4.69) is 5.32 Å². The molecule has 2 N–H and O–H groups in total. The van der Waals surface area contributed by atoms with E-state index in [1.54, 1.807) is 24.3 Å². The molecule has 2 amide bonds. The third-order valence-corrected chi connectivity index (χ3v) is 4.18. The molecule has 9 heteroatoms. The molecular weight excluding hydrogens is 362 g/mol. The molecule has 1 aliphatic heterocycles. The van der Waals surface area contributed by atoms with Gasteiger partial charge in [0.2, 0.25) is 5.76 Å². The van der Waals surface area contributed by atoms with E-state index in [4.69, 9.17) is 19.0 Å². The fraction of sp³-hybridized carbons (Fsp3) is 0.118. The van der Waals surface area contributed by atoms with Crippen molar-refractivity contribution in [3.63, 3.8) is 0 Å². The Labute approximate surface area is 151 Å². The minimum absolute atomic E-state index is 0.0246. The molecule has 0 aliphatic carbocycles. The van der Waals surface area contributed by atoms with Gasteiger partial charge in [-0.05, 0) is 47.7 Å². The van der Waals surface area contributed by atoms with Crippen molar-refractivity contribution < 1.29 is 33.4 Å². The van der Waals surface area contributed by atoms with E-state index in [0.717, 1.165) is 11.8 Å². The first-order valence-electron chi connectivity index (χ1n) is 7.34. The van der Waals surface area contributed by atoms with Crippen LogP contribution in [0.1, 0.15) is 21.9 Å². The first-order chi connectivity index (χ1) is 12.5. The number of hydrogen-bond acceptors (Lipinski definition) is 7. The van der Waals surface area contributed by atoms with Crippen LogP contribution in [-0.2, 0) is 11.4 Å². The molecule has 1 saturated heterocycles. The smallest absolute Gasteiger partial charge is 0.371 e. The fourth-order valence-corrected chi connectivity index (χ4v) is 2.87. The van der Waals surface area contributed by atoms with Crippen molar-refractivity contribution in [3.05, 3.63) is 52.3 Å². The van der Waals surface area contributed by atoms with E-state index in [-0.39, 0.29) is 12.4 Å². The van der Waals surface area contributed by atoms with Crippen LogP contribution in [0.25, 0.3) is 6.08 Å². The van der Waals surface area contributed by atoms with Crippen LogP contribution in [0.3, 0.4) is 0 Å². The van der Waals surface area contributed by atoms with Gasteiger partial charge in [0.05, 0.1) is 12.0 Å². The van der Waals surface area contributed by atoms with Crippen molar-refractivity contribution in [2.45, 2.75) is 6.61 Å². The highest BCUT2D eigenvalue weighted by molar-refractivity contribution is 8.18. The van der Waals surface area contributed by atoms with E-state index >= 15 is 0 Å². The highest BCUT2D eigenvalue weighted by atomic mass is 32.2. The highest BCUT2D eigenvalue weighted by Gasteiger charge is 2.25. The van der Waals surface area contributed by atoms with Crippen molar-refractivity contribution in [1.82, 2.24) is 5.32 Å². The molecule has 3 rings (SSSR count). The Balaban J connectivity index is 1.74. The van der Waals surface area contributed by atoms with E-state index in [1.165, 1.54) is 19.2 Å². The van der Waals surface area contributed by atoms with Gasteiger partial charge in [0, 0.05) is 0 Å². The van der Waals surface area contributed by atoms with Gasteiger partial charge in [0.25, 0.3) is 11.1 Å². The van der Waals surface area contributed by atoms with Gasteiger partial charge < -0.3 is 19.0 Å². The number of carboxylic acids is 1. The first kappa shape index (κ1) is 17.6. The maximum atomic E-state index is 11.6. The Bertz CT molecular complexity index is 916. The lowest BCUT2D eigenvalue weighted by Crippen LogP contribution is -2.17. The zero-order chi connectivity index (χ0) is 18.7. The topological polar surface area (TPSA) is 115 Å². The molecule has 1 fully saturated rings. The van der Waals surface area contributed by atoms with Crippen LogP contribution in [0.4, 0.5) is 4.79 Å². The molecule has 1 aromatic heterocycles. The second-order valence-corrected chi connectivity index (χ2v) is 6.14. The minimum Gasteiger partial charge on any atom is -0.493 e. The van der Waals surface area contributed by atoms with Crippen molar-refractivity contribution in [2.75, 3.05) is 7.11 Å². The maximum Gasteiger partial charge on any atom is 0.371 e. The third-order valence-electron chi connectivity index (χ3n) is 3.37. The van der Waals surface area contributed by atoms with E-state index in [1.807, 2.05) is 0 Å². The molecule has 1 aromatic carbocycles. The third kappa shape index (κ3) is 3.89. The Hall–Kier alpha value is -3.20. The van der Waals surface area contributed by atoms with Gasteiger partial charge in [-0.2, -0.15) is 0 Å². The molecule has 0 saturated carbocycles. The van der Waals surface area contributed by atoms with Crippen LogP contribution < -0.4 is 14.8 Å². The van der Waals surface area contributed by atoms with Gasteiger partial charge in [0.15, 0.2) is 11.5 Å². The molecular formula is C17H13NO7S. The predicted octanol–water partition coefficient (Wildman–Crippen LogP) is 2.89. The van der Waals surface area contributed by atoms with Gasteiger partial charge in [-0.3, -0.25) is 14.9 Å². The Morgan fingerprint density at radius 2 is 2.08 bits per heavy atom. The van der Waals surface area contributed by atoms with Gasteiger partial charge >= 0.3 is 5.97 Å². The molecule has 8 nitrogen and oxygen atoms in total. The van der Waals surface area contributed by atoms with Crippen LogP contribution in [0.2, 0.25) is 0 Å². The molecule has 2 aromatic rings. The number of imide groups is 1. The summed E-state index contributed by atoms with van der Waals surface area (Å²) in [5, 5.41) is 10.6. The number of rotatable bonds is 6. The maximum absolute atomic E-state index is 11.6. The number of carbonyl (C=O) groups excluding carboxylic acids is 2. The van der Waals surface area contributed by atoms with Crippen LogP contribution in [0.5, 0.6) is 11.5 Å². The normalized spacial score (nSPS) is 15.2. The summed E-state index contributed by atoms with van der Waals surface area (Å²) < 4.78 is 16.0. The zero-order valence-corrected chi connectivity index (χ0v) is 14.3. The summed E-state index contributed by atoms with van der Waals surface area (Å²) in [4.78, 5) is 33.9. The van der Waals surface area contributed by atoms with Crippen LogP contribution in [0, 0.1) is 0 Å². The average Bonchev–Trinajstić information content (AvgIpc) is 3.20. The Morgan fingerprint density at radius 3 is 2.69 bits per heavy atom. The summed E-state index contributed by atoms with van der Waals surface area (Å²) in [6.07, 6.45) is 1.57. The second-order valence-electron chi connectivity index (χ2n) is 5.12. The summed E-state index contributed by atoms with van der Waals surface area (Å²) >= 11 is 0.827. The highest BCUT2D eigenvalue weighted by Crippen LogP contribution is 2.32. The van der Waals surface area contributed by atoms with Crippen molar-refractivity contribution >= 4 is 35.0 Å². The molecule has 0 unspecified atom stereocenters. The lowest BCUT2D eigenvalue weighted by molar-refractivity contribution is -0.115. The molecule has 2 heterocycles. The molecule has 0 atom stereocenters. The van der Waals surface area contributed by atoms with E-state index in [9.17, 15) is 14.4 Å². The zero-order valence-electron chi connectivity index (χ0n) is 13.5. The number of amides is 2. The molecule has 1 aliphatic rings. The number of benzene rings is 1. The Kier molecular flexibility index (Phi) is 4.99. The van der Waals surface area contributed by atoms with E-state index < -0.39 is 17.1 Å². The fourth-order valence-electron chi connectivity index (χ4n) is 2.18. The number of carbonyl (C=O) groups is 3. The van der Waals surface area contributed by atoms with Crippen LogP contribution >= 0.6 is 11.8 Å². The molecule has 0 bridgehead atoms. The summed E-state index contributed by atoms with van der Waals surface area (Å²) in [7, 11) is 1.47. The number of thioether (sulfide) groups is 1. The number of ether oxygens (including phenoxy) is 2. The van der Waals surface area contributed by atoms with Crippen molar-refractivity contribution in [3.8, 4) is 11.5 Å². The van der Waals surface area contributed by atoms with Crippen molar-refractivity contribution in [1.29, 1.82) is 0 Å². The average molecular weight is 375 g/mol. The number of nitrogens with one attached hydrogen (secondary N) is 1. The number of methoxy groups -OCH3 is 1. The number of hydrogen-bond donors (Lipinski definition) is 2. The Morgan fingerprint density at radius 1 is 1.27 bits per heavy atom. The summed E-state index contributed by atoms with van der Waals surface area (Å²) in [5.41, 5.74) is 0.660. The van der Waals surface area contributed by atoms with Gasteiger partial charge in [-0.15, -0.1) is 0 Å². The molecule has 134 valence electrons. The lowest BCUT2D eigenvalue weighted by Gasteiger charge is -2.10. The summed E-state index contributed by atoms with van der Waals surface area (Å²) in [6.45, 7) is 0.0246. The minimum atomic E-state index is -1.15. The number of carboxylic acid groups (broad SMARTS) is 1. The lowest BCUT2D eigenvalue weighted by atomic mass is 10.2. The van der Waals surface area contributed by atoms with Crippen molar-refractivity contribution in [2.24, 2.45) is 0 Å². The summed E-state index contributed by atoms with van der Waals surface area (Å²) in [5.74, 6) is -0.570. The van der Waals surface area contributed by atoms with Crippen LogP contribution in [0.15, 0.2) is 39.7 Å². The van der Waals surface area contributed by atoms with E-state index in [0.29, 0.717) is 27.7 Å². The van der Waals surface area contributed by atoms with Gasteiger partial charge in [0.1, 0.15) is 12.4 Å². The van der Waals surface area contributed by atoms with Gasteiger partial charge in [-0.25, -0.2) is 4.79 Å². The van der Waals surface area contributed by atoms with Gasteiger partial charge in [-0.1, -0.05) is 6.07 Å². The van der Waals surface area contributed by atoms with Crippen LogP contribution in [-0.4, -0.2) is 29.3 Å².